The van der Waals surface area contributed by atoms with Crippen molar-refractivity contribution in [1.29, 1.82) is 0 Å². The summed E-state index contributed by atoms with van der Waals surface area (Å²) in [5.74, 6) is -1.00. The highest BCUT2D eigenvalue weighted by atomic mass is 16.5. The maximum atomic E-state index is 12.2. The Bertz CT molecular complexity index is 654. The van der Waals surface area contributed by atoms with E-state index in [0.717, 1.165) is 0 Å². The smallest absolute Gasteiger partial charge is 0.355 e. The van der Waals surface area contributed by atoms with Gasteiger partial charge < -0.3 is 19.4 Å². The molecule has 2 rings (SSSR count). The molecule has 1 aromatic rings. The second-order valence-corrected chi connectivity index (χ2v) is 6.31. The van der Waals surface area contributed by atoms with Gasteiger partial charge in [-0.25, -0.2) is 4.79 Å². The molecule has 1 aromatic heterocycles. The number of esters is 1. The largest absolute Gasteiger partial charge is 0.451 e. The van der Waals surface area contributed by atoms with E-state index < -0.39 is 5.97 Å². The standard InChI is InChI=1S/C17H24N2O5/c1-9-6-19(7-10(2)24-9)14(21)8-23-17(22)16-11(3)15(13(5)20)12(4)18-16/h9-10,18H,6-8H2,1-5H3/t9-,10+. The number of nitrogens with zero attached hydrogens (tertiary/aromatic N) is 1. The van der Waals surface area contributed by atoms with Crippen LogP contribution >= 0.6 is 0 Å². The molecular formula is C17H24N2O5. The molecule has 1 aliphatic heterocycles. The molecule has 7 heteroatoms. The normalized spacial score (nSPS) is 20.8. The van der Waals surface area contributed by atoms with Crippen molar-refractivity contribution in [1.82, 2.24) is 9.88 Å². The van der Waals surface area contributed by atoms with Gasteiger partial charge in [0, 0.05) is 24.3 Å². The van der Waals surface area contributed by atoms with Crippen molar-refractivity contribution in [3.63, 3.8) is 0 Å². The molecule has 0 aromatic carbocycles. The van der Waals surface area contributed by atoms with Crippen molar-refractivity contribution in [2.24, 2.45) is 0 Å². The van der Waals surface area contributed by atoms with Crippen molar-refractivity contribution in [3.05, 3.63) is 22.5 Å². The van der Waals surface area contributed by atoms with Crippen LogP contribution in [0.3, 0.4) is 0 Å². The first-order valence-corrected chi connectivity index (χ1v) is 8.01. The number of hydrogen-bond acceptors (Lipinski definition) is 5. The van der Waals surface area contributed by atoms with Crippen molar-refractivity contribution >= 4 is 17.7 Å². The lowest BCUT2D eigenvalue weighted by atomic mass is 10.1. The maximum Gasteiger partial charge on any atom is 0.355 e. The quantitative estimate of drug-likeness (QED) is 0.667. The summed E-state index contributed by atoms with van der Waals surface area (Å²) in [6.45, 7) is 9.29. The molecule has 1 N–H and O–H groups in total. The van der Waals surface area contributed by atoms with Gasteiger partial charge in [0.15, 0.2) is 12.4 Å². The van der Waals surface area contributed by atoms with E-state index in [4.69, 9.17) is 9.47 Å². The van der Waals surface area contributed by atoms with Gasteiger partial charge in [-0.05, 0) is 40.2 Å². The minimum Gasteiger partial charge on any atom is -0.451 e. The van der Waals surface area contributed by atoms with Crippen molar-refractivity contribution < 1.29 is 23.9 Å². The summed E-state index contributed by atoms with van der Waals surface area (Å²) < 4.78 is 10.7. The van der Waals surface area contributed by atoms with E-state index >= 15 is 0 Å². The predicted molar refractivity (Wildman–Crippen MR) is 87.1 cm³/mol. The summed E-state index contributed by atoms with van der Waals surface area (Å²) in [5, 5.41) is 0. The minimum atomic E-state index is -0.634. The number of amides is 1. The molecule has 0 bridgehead atoms. The number of morpholine rings is 1. The number of aryl methyl sites for hydroxylation is 1. The molecule has 1 aliphatic rings. The van der Waals surface area contributed by atoms with Crippen LogP contribution in [0, 0.1) is 13.8 Å². The lowest BCUT2D eigenvalue weighted by molar-refractivity contribution is -0.146. The summed E-state index contributed by atoms with van der Waals surface area (Å²) in [4.78, 5) is 40.6. The number of aromatic amines is 1. The number of carbonyl (C=O) groups excluding carboxylic acids is 3. The fraction of sp³-hybridized carbons (Fsp3) is 0.588. The molecule has 24 heavy (non-hydrogen) atoms. The Balaban J connectivity index is 1.99. The third-order valence-electron chi connectivity index (χ3n) is 4.09. The minimum absolute atomic E-state index is 0.0418. The first-order valence-electron chi connectivity index (χ1n) is 8.01. The van der Waals surface area contributed by atoms with Crippen LogP contribution in [0.25, 0.3) is 0 Å². The van der Waals surface area contributed by atoms with Crippen LogP contribution in [0.5, 0.6) is 0 Å². The van der Waals surface area contributed by atoms with Gasteiger partial charge >= 0.3 is 5.97 Å². The first kappa shape index (κ1) is 18.2. The number of H-pyrrole nitrogens is 1. The zero-order chi connectivity index (χ0) is 18.0. The van der Waals surface area contributed by atoms with Crippen LogP contribution in [-0.4, -0.2) is 59.4 Å². The Hall–Kier alpha value is -2.15. The molecule has 1 saturated heterocycles. The molecule has 0 saturated carbocycles. The van der Waals surface area contributed by atoms with E-state index in [1.165, 1.54) is 6.92 Å². The number of rotatable bonds is 4. The zero-order valence-corrected chi connectivity index (χ0v) is 14.8. The topological polar surface area (TPSA) is 88.7 Å². The Labute approximate surface area is 141 Å². The number of Topliss-reactive ketones (excluding diaryl/α,β-unsaturated/α-hetero) is 1. The SMILES string of the molecule is CC(=O)c1c(C)[nH]c(C(=O)OCC(=O)N2C[C@@H](C)O[C@@H](C)C2)c1C. The van der Waals surface area contributed by atoms with Gasteiger partial charge in [-0.15, -0.1) is 0 Å². The van der Waals surface area contributed by atoms with E-state index in [-0.39, 0.29) is 36.2 Å². The zero-order valence-electron chi connectivity index (χ0n) is 14.8. The molecule has 1 fully saturated rings. The van der Waals surface area contributed by atoms with E-state index in [2.05, 4.69) is 4.98 Å². The number of nitrogens with one attached hydrogen (secondary N) is 1. The van der Waals surface area contributed by atoms with Gasteiger partial charge in [0.05, 0.1) is 12.2 Å². The lowest BCUT2D eigenvalue weighted by Gasteiger charge is -2.35. The number of carbonyl (C=O) groups is 3. The van der Waals surface area contributed by atoms with Crippen LogP contribution in [-0.2, 0) is 14.3 Å². The van der Waals surface area contributed by atoms with Gasteiger partial charge in [-0.1, -0.05) is 0 Å². The molecule has 7 nitrogen and oxygen atoms in total. The molecule has 132 valence electrons. The van der Waals surface area contributed by atoms with Gasteiger partial charge in [0.2, 0.25) is 0 Å². The van der Waals surface area contributed by atoms with Crippen LogP contribution in [0.15, 0.2) is 0 Å². The molecule has 2 atom stereocenters. The third kappa shape index (κ3) is 3.84. The summed E-state index contributed by atoms with van der Waals surface area (Å²) in [5.41, 5.74) is 1.87. The van der Waals surface area contributed by atoms with Crippen LogP contribution in [0.4, 0.5) is 0 Å². The Morgan fingerprint density at radius 1 is 1.21 bits per heavy atom. The Kier molecular flexibility index (Phi) is 5.43. The summed E-state index contributed by atoms with van der Waals surface area (Å²) in [6, 6.07) is 0. The molecule has 1 amide bonds. The van der Waals surface area contributed by atoms with E-state index in [1.54, 1.807) is 18.7 Å². The second kappa shape index (κ2) is 7.17. The highest BCUT2D eigenvalue weighted by Gasteiger charge is 2.27. The van der Waals surface area contributed by atoms with E-state index in [9.17, 15) is 14.4 Å². The molecule has 2 heterocycles. The highest BCUT2D eigenvalue weighted by Crippen LogP contribution is 2.19. The highest BCUT2D eigenvalue weighted by molar-refractivity contribution is 6.01. The van der Waals surface area contributed by atoms with Crippen molar-refractivity contribution in [2.75, 3.05) is 19.7 Å². The van der Waals surface area contributed by atoms with Gasteiger partial charge in [0.25, 0.3) is 5.91 Å². The predicted octanol–water partition coefficient (Wildman–Crippen LogP) is 1.63. The number of ketones is 1. The maximum absolute atomic E-state index is 12.2. The fourth-order valence-corrected chi connectivity index (χ4v) is 3.15. The first-order chi connectivity index (χ1) is 11.2. The van der Waals surface area contributed by atoms with Crippen LogP contribution in [0.1, 0.15) is 52.9 Å². The number of ether oxygens (including phenoxy) is 2. The van der Waals surface area contributed by atoms with E-state index in [1.807, 2.05) is 13.8 Å². The van der Waals surface area contributed by atoms with E-state index in [0.29, 0.717) is 29.9 Å². The molecule has 0 radical (unpaired) electrons. The summed E-state index contributed by atoms with van der Waals surface area (Å²) in [6.07, 6.45) is -0.0837. The molecule has 0 unspecified atom stereocenters. The van der Waals surface area contributed by atoms with Crippen molar-refractivity contribution in [3.8, 4) is 0 Å². The molecule has 0 spiro atoms. The van der Waals surface area contributed by atoms with Crippen molar-refractivity contribution in [2.45, 2.75) is 46.8 Å². The number of hydrogen-bond donors (Lipinski definition) is 1. The summed E-state index contributed by atoms with van der Waals surface area (Å²) in [7, 11) is 0. The third-order valence-corrected chi connectivity index (χ3v) is 4.09. The average molecular weight is 336 g/mol. The average Bonchev–Trinajstić information content (AvgIpc) is 2.78. The van der Waals surface area contributed by atoms with Gasteiger partial charge in [0.1, 0.15) is 5.69 Å². The summed E-state index contributed by atoms with van der Waals surface area (Å²) >= 11 is 0. The Morgan fingerprint density at radius 2 is 1.79 bits per heavy atom. The fourth-order valence-electron chi connectivity index (χ4n) is 3.15. The second-order valence-electron chi connectivity index (χ2n) is 6.31. The lowest BCUT2D eigenvalue weighted by Crippen LogP contribution is -2.49. The monoisotopic (exact) mass is 336 g/mol. The Morgan fingerprint density at radius 3 is 2.29 bits per heavy atom. The van der Waals surface area contributed by atoms with Crippen LogP contribution < -0.4 is 0 Å². The number of aromatic nitrogens is 1. The molecular weight excluding hydrogens is 312 g/mol. The van der Waals surface area contributed by atoms with Crippen LogP contribution in [0.2, 0.25) is 0 Å². The van der Waals surface area contributed by atoms with Gasteiger partial charge in [-0.2, -0.15) is 0 Å². The van der Waals surface area contributed by atoms with Gasteiger partial charge in [-0.3, -0.25) is 9.59 Å². The molecule has 0 aliphatic carbocycles.